The second-order valence-corrected chi connectivity index (χ2v) is 7.40. The van der Waals surface area contributed by atoms with Crippen LogP contribution in [0.25, 0.3) is 0 Å². The first kappa shape index (κ1) is 23.1. The number of carbonyl (C=O) groups excluding carboxylic acids is 2. The van der Waals surface area contributed by atoms with Crippen LogP contribution in [0.5, 0.6) is 0 Å². The average Bonchev–Trinajstić information content (AvgIpc) is 2.67. The van der Waals surface area contributed by atoms with Gasteiger partial charge in [-0.1, -0.05) is 66.4 Å². The highest BCUT2D eigenvalue weighted by Crippen LogP contribution is 2.16. The zero-order valence-electron chi connectivity index (χ0n) is 17.5. The van der Waals surface area contributed by atoms with Gasteiger partial charge in [0.1, 0.15) is 17.5 Å². The lowest BCUT2D eigenvalue weighted by Gasteiger charge is -2.20. The maximum absolute atomic E-state index is 12.4. The summed E-state index contributed by atoms with van der Waals surface area (Å²) in [6.07, 6.45) is 5.88. The molecule has 0 bridgehead atoms. The summed E-state index contributed by atoms with van der Waals surface area (Å²) in [7, 11) is 0. The van der Waals surface area contributed by atoms with Gasteiger partial charge in [0, 0.05) is 0 Å². The number of hydrogen-bond donors (Lipinski definition) is 0. The molecular weight excluding hydrogens is 342 g/mol. The van der Waals surface area contributed by atoms with E-state index in [-0.39, 0.29) is 23.4 Å². The maximum atomic E-state index is 12.4. The van der Waals surface area contributed by atoms with Crippen molar-refractivity contribution in [3.63, 3.8) is 0 Å². The predicted octanol–water partition coefficient (Wildman–Crippen LogP) is 5.44. The summed E-state index contributed by atoms with van der Waals surface area (Å²) in [5, 5.41) is 0. The Hall–Kier alpha value is -1.91. The van der Waals surface area contributed by atoms with Crippen LogP contribution < -0.4 is 0 Å². The average molecular weight is 378 g/mol. The van der Waals surface area contributed by atoms with Gasteiger partial charge >= 0.3 is 11.9 Å². The molecular formula is C22H35NO4. The van der Waals surface area contributed by atoms with E-state index in [9.17, 15) is 9.59 Å². The van der Waals surface area contributed by atoms with E-state index in [1.807, 2.05) is 13.8 Å². The Kier molecular flexibility index (Phi) is 10.7. The number of esters is 2. The molecule has 0 radical (unpaired) electrons. The quantitative estimate of drug-likeness (QED) is 0.454. The number of carbonyl (C=O) groups is 2. The molecule has 1 rings (SSSR count). The second kappa shape index (κ2) is 12.5. The third-order valence-electron chi connectivity index (χ3n) is 4.74. The summed E-state index contributed by atoms with van der Waals surface area (Å²) < 4.78 is 11.0. The molecule has 0 aliphatic carbocycles. The van der Waals surface area contributed by atoms with Gasteiger partial charge in [-0.15, -0.1) is 0 Å². The summed E-state index contributed by atoms with van der Waals surface area (Å²) in [4.78, 5) is 28.9. The number of unbranched alkanes of at least 4 members (excludes halogenated alkanes) is 1. The largest absolute Gasteiger partial charge is 0.461 e. The Labute approximate surface area is 163 Å². The molecule has 0 aromatic carbocycles. The van der Waals surface area contributed by atoms with Crippen molar-refractivity contribution in [1.29, 1.82) is 0 Å². The van der Waals surface area contributed by atoms with Crippen molar-refractivity contribution in [1.82, 2.24) is 4.98 Å². The van der Waals surface area contributed by atoms with E-state index in [2.05, 4.69) is 25.8 Å². The van der Waals surface area contributed by atoms with Crippen molar-refractivity contribution < 1.29 is 19.1 Å². The summed E-state index contributed by atoms with van der Waals surface area (Å²) in [5.74, 6) is -0.390. The fraction of sp³-hybridized carbons (Fsp3) is 0.682. The minimum absolute atomic E-state index is 0.143. The molecule has 0 saturated heterocycles. The van der Waals surface area contributed by atoms with Crippen molar-refractivity contribution in [2.24, 2.45) is 11.8 Å². The molecule has 1 heterocycles. The molecule has 27 heavy (non-hydrogen) atoms. The Bertz CT molecular complexity index is 585. The minimum atomic E-state index is -0.494. The van der Waals surface area contributed by atoms with Gasteiger partial charge in [-0.3, -0.25) is 0 Å². The predicted molar refractivity (Wildman–Crippen MR) is 107 cm³/mol. The number of ether oxygens (including phenoxy) is 2. The van der Waals surface area contributed by atoms with Crippen molar-refractivity contribution in [2.45, 2.75) is 79.2 Å². The lowest BCUT2D eigenvalue weighted by molar-refractivity contribution is 0.0150. The van der Waals surface area contributed by atoms with Gasteiger partial charge in [-0.2, -0.15) is 0 Å². The van der Waals surface area contributed by atoms with Gasteiger partial charge in [0.2, 0.25) is 0 Å². The molecule has 1 aromatic rings. The molecule has 0 saturated carbocycles. The van der Waals surface area contributed by atoms with Crippen molar-refractivity contribution >= 4 is 11.9 Å². The normalized spacial score (nSPS) is 13.3. The van der Waals surface area contributed by atoms with E-state index in [0.717, 1.165) is 38.5 Å². The maximum Gasteiger partial charge on any atom is 0.357 e. The fourth-order valence-corrected chi connectivity index (χ4v) is 2.84. The topological polar surface area (TPSA) is 65.5 Å². The second-order valence-electron chi connectivity index (χ2n) is 7.40. The molecule has 2 unspecified atom stereocenters. The van der Waals surface area contributed by atoms with E-state index in [1.54, 1.807) is 18.2 Å². The van der Waals surface area contributed by atoms with E-state index >= 15 is 0 Å². The molecule has 5 heteroatoms. The van der Waals surface area contributed by atoms with E-state index < -0.39 is 11.9 Å². The van der Waals surface area contributed by atoms with Gasteiger partial charge < -0.3 is 9.47 Å². The lowest BCUT2D eigenvalue weighted by atomic mass is 10.0. The van der Waals surface area contributed by atoms with E-state index in [1.165, 1.54) is 0 Å². The zero-order valence-corrected chi connectivity index (χ0v) is 17.5. The first-order chi connectivity index (χ1) is 12.9. The van der Waals surface area contributed by atoms with Gasteiger partial charge in [0.15, 0.2) is 0 Å². The van der Waals surface area contributed by atoms with Crippen molar-refractivity contribution in [3.8, 4) is 0 Å². The molecule has 0 N–H and O–H groups in total. The van der Waals surface area contributed by atoms with Crippen LogP contribution in [0.3, 0.4) is 0 Å². The van der Waals surface area contributed by atoms with Gasteiger partial charge in [0.25, 0.3) is 0 Å². The molecule has 152 valence electrons. The number of nitrogens with zero attached hydrogens (tertiary/aromatic N) is 1. The van der Waals surface area contributed by atoms with Crippen LogP contribution in [0, 0.1) is 11.8 Å². The molecule has 1 aromatic heterocycles. The van der Waals surface area contributed by atoms with Crippen molar-refractivity contribution in [3.05, 3.63) is 29.6 Å². The highest BCUT2D eigenvalue weighted by molar-refractivity contribution is 5.91. The molecule has 5 nitrogen and oxygen atoms in total. The zero-order chi connectivity index (χ0) is 20.2. The van der Waals surface area contributed by atoms with Crippen LogP contribution >= 0.6 is 0 Å². The smallest absolute Gasteiger partial charge is 0.357 e. The Morgan fingerprint density at radius 2 is 1.67 bits per heavy atom. The van der Waals surface area contributed by atoms with E-state index in [0.29, 0.717) is 12.5 Å². The summed E-state index contributed by atoms with van der Waals surface area (Å²) in [5.41, 5.74) is 0.288. The molecule has 0 aliphatic heterocycles. The molecule has 0 amide bonds. The number of rotatable bonds is 12. The third kappa shape index (κ3) is 8.10. The Balaban J connectivity index is 2.71. The van der Waals surface area contributed by atoms with Crippen LogP contribution in [0.1, 0.15) is 94.1 Å². The van der Waals surface area contributed by atoms with Crippen LogP contribution in [0.4, 0.5) is 0 Å². The first-order valence-corrected chi connectivity index (χ1v) is 10.3. The van der Waals surface area contributed by atoms with Crippen LogP contribution in [0.2, 0.25) is 0 Å². The van der Waals surface area contributed by atoms with Gasteiger partial charge in [0.05, 0.1) is 6.61 Å². The molecule has 2 atom stereocenters. The van der Waals surface area contributed by atoms with Crippen molar-refractivity contribution in [2.75, 3.05) is 6.61 Å². The highest BCUT2D eigenvalue weighted by atomic mass is 16.5. The molecule has 0 aliphatic rings. The third-order valence-corrected chi connectivity index (χ3v) is 4.74. The number of aromatic nitrogens is 1. The number of pyridine rings is 1. The Morgan fingerprint density at radius 3 is 2.22 bits per heavy atom. The summed E-state index contributed by atoms with van der Waals surface area (Å²) in [6.45, 7) is 10.7. The first-order valence-electron chi connectivity index (χ1n) is 10.3. The highest BCUT2D eigenvalue weighted by Gasteiger charge is 2.21. The van der Waals surface area contributed by atoms with Gasteiger partial charge in [-0.25, -0.2) is 14.6 Å². The standard InChI is InChI=1S/C22H35NO4/c1-6-9-12-17(8-3)15-26-21(24)18-13-10-14-19(23-18)22(25)27-20(11-7-2)16(4)5/h10,13-14,16-17,20H,6-9,11-12,15H2,1-5H3. The fourth-order valence-electron chi connectivity index (χ4n) is 2.84. The van der Waals surface area contributed by atoms with Crippen LogP contribution in [-0.2, 0) is 9.47 Å². The minimum Gasteiger partial charge on any atom is -0.461 e. The lowest BCUT2D eigenvalue weighted by Crippen LogP contribution is -2.24. The van der Waals surface area contributed by atoms with Crippen LogP contribution in [0.15, 0.2) is 18.2 Å². The van der Waals surface area contributed by atoms with E-state index in [4.69, 9.17) is 9.47 Å². The molecule has 0 spiro atoms. The summed E-state index contributed by atoms with van der Waals surface area (Å²) >= 11 is 0. The Morgan fingerprint density at radius 1 is 1.00 bits per heavy atom. The van der Waals surface area contributed by atoms with Crippen LogP contribution in [-0.4, -0.2) is 29.6 Å². The summed E-state index contributed by atoms with van der Waals surface area (Å²) in [6, 6.07) is 4.77. The van der Waals surface area contributed by atoms with Gasteiger partial charge in [-0.05, 0) is 36.8 Å². The monoisotopic (exact) mass is 377 g/mol. The SMILES string of the molecule is CCCCC(CC)COC(=O)c1cccc(C(=O)OC(CCC)C(C)C)n1. The number of hydrogen-bond acceptors (Lipinski definition) is 5. The molecule has 0 fully saturated rings.